The quantitative estimate of drug-likeness (QED) is 0.488. The van der Waals surface area contributed by atoms with Crippen LogP contribution < -0.4 is 0 Å². The lowest BCUT2D eigenvalue weighted by atomic mass is 10.0. The van der Waals surface area contributed by atoms with Gasteiger partial charge in [0.25, 0.3) is 5.91 Å². The highest BCUT2D eigenvalue weighted by Crippen LogP contribution is 2.33. The Morgan fingerprint density at radius 1 is 1.00 bits per heavy atom. The number of fused-ring (bicyclic) bond motifs is 1. The fourth-order valence-corrected chi connectivity index (χ4v) is 3.41. The normalized spacial score (nSPS) is 11.5. The number of rotatable bonds is 5. The molecule has 0 saturated heterocycles. The van der Waals surface area contributed by atoms with Crippen molar-refractivity contribution in [3.8, 4) is 22.4 Å². The van der Waals surface area contributed by atoms with Crippen LogP contribution >= 0.6 is 0 Å². The lowest BCUT2D eigenvalue weighted by Gasteiger charge is -2.14. The Labute approximate surface area is 185 Å². The Morgan fingerprint density at radius 3 is 2.21 bits per heavy atom. The first-order valence-electron chi connectivity index (χ1n) is 9.74. The van der Waals surface area contributed by atoms with Gasteiger partial charge in [-0.25, -0.2) is 9.50 Å². The van der Waals surface area contributed by atoms with E-state index in [-0.39, 0.29) is 16.9 Å². The number of halogens is 3. The van der Waals surface area contributed by atoms with E-state index in [2.05, 4.69) is 10.1 Å². The van der Waals surface area contributed by atoms with Gasteiger partial charge in [-0.05, 0) is 17.2 Å². The van der Waals surface area contributed by atoms with Gasteiger partial charge in [0.15, 0.2) is 11.3 Å². The van der Waals surface area contributed by atoms with Gasteiger partial charge in [-0.3, -0.25) is 9.59 Å². The van der Waals surface area contributed by atoms with Crippen LogP contribution in [0, 0.1) is 0 Å². The Balaban J connectivity index is 1.82. The molecule has 4 aromatic rings. The molecule has 0 fully saturated rings. The molecule has 2 heterocycles. The van der Waals surface area contributed by atoms with Gasteiger partial charge in [0.05, 0.1) is 11.9 Å². The smallest absolute Gasteiger partial charge is 0.433 e. The van der Waals surface area contributed by atoms with Crippen molar-refractivity contribution >= 4 is 17.5 Å². The van der Waals surface area contributed by atoms with E-state index in [9.17, 15) is 22.8 Å². The number of carboxylic acid groups (broad SMARTS) is 1. The summed E-state index contributed by atoms with van der Waals surface area (Å²) in [7, 11) is 1.23. The average molecular weight is 454 g/mol. The van der Waals surface area contributed by atoms with Crippen molar-refractivity contribution in [3.63, 3.8) is 0 Å². The molecule has 168 valence electrons. The second-order valence-corrected chi connectivity index (χ2v) is 7.32. The molecule has 7 nitrogen and oxygen atoms in total. The van der Waals surface area contributed by atoms with Gasteiger partial charge in [0.1, 0.15) is 12.1 Å². The summed E-state index contributed by atoms with van der Waals surface area (Å²) in [6.07, 6.45) is -3.81. The van der Waals surface area contributed by atoms with E-state index < -0.39 is 30.3 Å². The Kier molecular flexibility index (Phi) is 5.59. The van der Waals surface area contributed by atoms with E-state index in [0.29, 0.717) is 10.1 Å². The highest BCUT2D eigenvalue weighted by Gasteiger charge is 2.36. The third kappa shape index (κ3) is 4.40. The summed E-state index contributed by atoms with van der Waals surface area (Å²) >= 11 is 0. The maximum absolute atomic E-state index is 13.8. The number of hydrogen-bond acceptors (Lipinski definition) is 4. The molecule has 10 heteroatoms. The highest BCUT2D eigenvalue weighted by molar-refractivity contribution is 6.00. The predicted molar refractivity (Wildman–Crippen MR) is 113 cm³/mol. The average Bonchev–Trinajstić information content (AvgIpc) is 3.21. The van der Waals surface area contributed by atoms with E-state index in [1.807, 2.05) is 30.3 Å². The largest absolute Gasteiger partial charge is 0.480 e. The molecule has 0 atom stereocenters. The van der Waals surface area contributed by atoms with Gasteiger partial charge >= 0.3 is 12.1 Å². The van der Waals surface area contributed by atoms with E-state index in [1.54, 1.807) is 24.3 Å². The van der Waals surface area contributed by atoms with Gasteiger partial charge in [0, 0.05) is 12.6 Å². The van der Waals surface area contributed by atoms with Gasteiger partial charge in [0.2, 0.25) is 0 Å². The van der Waals surface area contributed by atoms with Crippen molar-refractivity contribution in [2.45, 2.75) is 6.18 Å². The number of benzene rings is 2. The summed E-state index contributed by atoms with van der Waals surface area (Å²) in [5.41, 5.74) is 0.613. The number of aliphatic carboxylic acids is 1. The number of aromatic nitrogens is 3. The van der Waals surface area contributed by atoms with Gasteiger partial charge < -0.3 is 10.0 Å². The van der Waals surface area contributed by atoms with E-state index in [0.717, 1.165) is 28.3 Å². The van der Waals surface area contributed by atoms with Crippen LogP contribution in [0.4, 0.5) is 13.2 Å². The van der Waals surface area contributed by atoms with Crippen molar-refractivity contribution in [1.29, 1.82) is 0 Å². The number of nitrogens with zero attached hydrogens (tertiary/aromatic N) is 4. The summed E-state index contributed by atoms with van der Waals surface area (Å²) in [6.45, 7) is -0.622. The van der Waals surface area contributed by atoms with Gasteiger partial charge in [-0.15, -0.1) is 0 Å². The Bertz CT molecular complexity index is 1330. The lowest BCUT2D eigenvalue weighted by Crippen LogP contribution is -2.32. The van der Waals surface area contributed by atoms with Crippen LogP contribution in [0.15, 0.2) is 66.9 Å². The van der Waals surface area contributed by atoms with Crippen molar-refractivity contribution in [2.24, 2.45) is 0 Å². The standard InChI is InChI=1S/C23H17F3N4O3/c1-29(13-20(31)32)22(33)17-12-27-30-19(23(24,25)26)11-18(28-21(17)30)16-9-7-15(8-10-16)14-5-3-2-4-6-14/h2-12H,13H2,1H3,(H,31,32). The molecule has 4 rings (SSSR count). The minimum Gasteiger partial charge on any atom is -0.480 e. The van der Waals surface area contributed by atoms with Crippen LogP contribution in [-0.4, -0.2) is 50.1 Å². The number of carbonyl (C=O) groups is 2. The number of carbonyl (C=O) groups excluding carboxylic acids is 1. The molecule has 0 unspecified atom stereocenters. The third-order valence-electron chi connectivity index (χ3n) is 5.00. The van der Waals surface area contributed by atoms with Crippen LogP contribution in [0.2, 0.25) is 0 Å². The molecular formula is C23H17F3N4O3. The molecule has 0 aliphatic carbocycles. The molecule has 0 radical (unpaired) electrons. The van der Waals surface area contributed by atoms with Crippen molar-refractivity contribution in [2.75, 3.05) is 13.6 Å². The first-order chi connectivity index (χ1) is 15.6. The second-order valence-electron chi connectivity index (χ2n) is 7.32. The van der Waals surface area contributed by atoms with Gasteiger partial charge in [-0.2, -0.15) is 18.3 Å². The molecule has 0 aliphatic heterocycles. The first kappa shape index (κ1) is 22.0. The van der Waals surface area contributed by atoms with Crippen LogP contribution in [0.3, 0.4) is 0 Å². The van der Waals surface area contributed by atoms with E-state index >= 15 is 0 Å². The predicted octanol–water partition coefficient (Wildman–Crippen LogP) is 4.24. The summed E-state index contributed by atoms with van der Waals surface area (Å²) in [5, 5.41) is 12.6. The highest BCUT2D eigenvalue weighted by atomic mass is 19.4. The molecule has 2 aromatic heterocycles. The molecule has 0 saturated carbocycles. The minimum absolute atomic E-state index is 0.00451. The van der Waals surface area contributed by atoms with Crippen LogP contribution in [0.1, 0.15) is 16.1 Å². The molecule has 0 spiro atoms. The fraction of sp³-hybridized carbons (Fsp3) is 0.130. The Hall–Kier alpha value is -4.21. The van der Waals surface area contributed by atoms with Crippen LogP contribution in [-0.2, 0) is 11.0 Å². The van der Waals surface area contributed by atoms with Crippen molar-refractivity contribution in [1.82, 2.24) is 19.5 Å². The van der Waals surface area contributed by atoms with E-state index in [4.69, 9.17) is 5.11 Å². The second kappa shape index (κ2) is 8.38. The SMILES string of the molecule is CN(CC(=O)O)C(=O)c1cnn2c(C(F)(F)F)cc(-c3ccc(-c4ccccc4)cc3)nc12. The summed E-state index contributed by atoms with van der Waals surface area (Å²) in [4.78, 5) is 28.7. The first-order valence-corrected chi connectivity index (χ1v) is 9.74. The third-order valence-corrected chi connectivity index (χ3v) is 5.00. The Morgan fingerprint density at radius 2 is 1.61 bits per heavy atom. The van der Waals surface area contributed by atoms with Crippen LogP contribution in [0.25, 0.3) is 28.0 Å². The van der Waals surface area contributed by atoms with Crippen molar-refractivity contribution in [3.05, 3.63) is 78.1 Å². The zero-order valence-corrected chi connectivity index (χ0v) is 17.2. The van der Waals surface area contributed by atoms with Crippen molar-refractivity contribution < 1.29 is 27.9 Å². The maximum Gasteiger partial charge on any atom is 0.433 e. The number of amides is 1. The molecule has 33 heavy (non-hydrogen) atoms. The molecule has 2 aromatic carbocycles. The van der Waals surface area contributed by atoms with Gasteiger partial charge in [-0.1, -0.05) is 54.6 Å². The number of hydrogen-bond donors (Lipinski definition) is 1. The van der Waals surface area contributed by atoms with Crippen LogP contribution in [0.5, 0.6) is 0 Å². The minimum atomic E-state index is -4.76. The molecule has 1 N–H and O–H groups in total. The number of carboxylic acids is 1. The molecule has 1 amide bonds. The fourth-order valence-electron chi connectivity index (χ4n) is 3.41. The zero-order valence-electron chi connectivity index (χ0n) is 17.2. The lowest BCUT2D eigenvalue weighted by molar-refractivity contribution is -0.142. The maximum atomic E-state index is 13.8. The zero-order chi connectivity index (χ0) is 23.8. The molecular weight excluding hydrogens is 437 g/mol. The monoisotopic (exact) mass is 454 g/mol. The molecule has 0 bridgehead atoms. The summed E-state index contributed by atoms with van der Waals surface area (Å²) < 4.78 is 41.9. The number of alkyl halides is 3. The number of likely N-dealkylation sites (N-methyl/N-ethyl adjacent to an activating group) is 1. The topological polar surface area (TPSA) is 87.8 Å². The summed E-state index contributed by atoms with van der Waals surface area (Å²) in [6, 6.07) is 17.2. The summed E-state index contributed by atoms with van der Waals surface area (Å²) in [5.74, 6) is -2.06. The van der Waals surface area contributed by atoms with E-state index in [1.165, 1.54) is 7.05 Å². The molecule has 0 aliphatic rings.